The molecule has 0 amide bonds. The Bertz CT molecular complexity index is 428. The second-order valence-corrected chi connectivity index (χ2v) is 13.8. The highest BCUT2D eigenvalue weighted by Gasteiger charge is 2.50. The van der Waals surface area contributed by atoms with Crippen LogP contribution >= 0.6 is 22.6 Å². The van der Waals surface area contributed by atoms with E-state index >= 15 is 0 Å². The molecule has 0 N–H and O–H groups in total. The Balaban J connectivity index is 2.05. The Morgan fingerprint density at radius 2 is 1.90 bits per heavy atom. The number of ether oxygens (including phenoxy) is 3. The molecule has 3 atom stereocenters. The molecule has 2 heterocycles. The van der Waals surface area contributed by atoms with Crippen LogP contribution in [0.25, 0.3) is 0 Å². The Labute approximate surface area is 142 Å². The quantitative estimate of drug-likeness (QED) is 0.501. The molecule has 0 aromatic heterocycles. The predicted octanol–water partition coefficient (Wildman–Crippen LogP) is 4.20. The Hall–Kier alpha value is 0.367. The second kappa shape index (κ2) is 5.78. The number of hydrogen-bond acceptors (Lipinski definition) is 4. The van der Waals surface area contributed by atoms with E-state index in [-0.39, 0.29) is 23.4 Å². The van der Waals surface area contributed by atoms with Gasteiger partial charge in [-0.2, -0.15) is 0 Å². The molecule has 2 aliphatic rings. The lowest BCUT2D eigenvalue weighted by Crippen LogP contribution is -2.48. The zero-order valence-electron chi connectivity index (χ0n) is 14.0. The van der Waals surface area contributed by atoms with Crippen LogP contribution < -0.4 is 0 Å². The van der Waals surface area contributed by atoms with Gasteiger partial charge in [0.2, 0.25) is 0 Å². The minimum atomic E-state index is -1.78. The average Bonchev–Trinajstić information content (AvgIpc) is 2.63. The van der Waals surface area contributed by atoms with Gasteiger partial charge in [0.1, 0.15) is 18.3 Å². The van der Waals surface area contributed by atoms with Gasteiger partial charge in [0, 0.05) is 0 Å². The summed E-state index contributed by atoms with van der Waals surface area (Å²) in [6.07, 6.45) is 1.54. The molecule has 2 aliphatic heterocycles. The first-order chi connectivity index (χ1) is 9.43. The van der Waals surface area contributed by atoms with E-state index < -0.39 is 14.1 Å². The van der Waals surface area contributed by atoms with Crippen molar-refractivity contribution in [1.29, 1.82) is 0 Å². The van der Waals surface area contributed by atoms with E-state index in [1.54, 1.807) is 6.26 Å². The zero-order valence-corrected chi connectivity index (χ0v) is 17.2. The first-order valence-corrected chi connectivity index (χ1v) is 11.4. The van der Waals surface area contributed by atoms with E-state index in [4.69, 9.17) is 18.6 Å². The van der Waals surface area contributed by atoms with Gasteiger partial charge in [-0.1, -0.05) is 20.8 Å². The van der Waals surface area contributed by atoms with E-state index in [9.17, 15) is 0 Å². The summed E-state index contributed by atoms with van der Waals surface area (Å²) in [5, 5.41) is 0.192. The van der Waals surface area contributed by atoms with Crippen LogP contribution in [0.3, 0.4) is 0 Å². The fourth-order valence-electron chi connectivity index (χ4n) is 2.21. The number of hydrogen-bond donors (Lipinski definition) is 0. The predicted molar refractivity (Wildman–Crippen MR) is 94.0 cm³/mol. The van der Waals surface area contributed by atoms with Crippen molar-refractivity contribution in [3.8, 4) is 0 Å². The van der Waals surface area contributed by atoms with Crippen LogP contribution in [0.15, 0.2) is 9.84 Å². The summed E-state index contributed by atoms with van der Waals surface area (Å²) in [7, 11) is -1.78. The Kier molecular flexibility index (Phi) is 4.87. The zero-order chi connectivity index (χ0) is 16.1. The lowest BCUT2D eigenvalue weighted by Gasteiger charge is -2.38. The molecule has 1 fully saturated rings. The van der Waals surface area contributed by atoms with Gasteiger partial charge < -0.3 is 18.6 Å². The summed E-state index contributed by atoms with van der Waals surface area (Å²) in [6, 6.07) is 0. The monoisotopic (exact) mass is 426 g/mol. The molecule has 0 saturated carbocycles. The average molecular weight is 426 g/mol. The topological polar surface area (TPSA) is 36.9 Å². The minimum Gasteiger partial charge on any atom is -0.492 e. The van der Waals surface area contributed by atoms with Crippen LogP contribution in [0.2, 0.25) is 18.1 Å². The van der Waals surface area contributed by atoms with Crippen molar-refractivity contribution in [2.75, 3.05) is 6.61 Å². The normalized spacial score (nSPS) is 32.4. The summed E-state index contributed by atoms with van der Waals surface area (Å²) in [6.45, 7) is 15.7. The van der Waals surface area contributed by atoms with Crippen molar-refractivity contribution >= 4 is 30.9 Å². The first-order valence-electron chi connectivity index (χ1n) is 7.44. The molecule has 0 spiro atoms. The highest BCUT2D eigenvalue weighted by Crippen LogP contribution is 2.41. The van der Waals surface area contributed by atoms with Gasteiger partial charge in [0.15, 0.2) is 14.1 Å². The van der Waals surface area contributed by atoms with E-state index in [1.807, 2.05) is 13.8 Å². The molecule has 0 bridgehead atoms. The van der Waals surface area contributed by atoms with Gasteiger partial charge in [-0.15, -0.1) is 0 Å². The molecule has 6 heteroatoms. The van der Waals surface area contributed by atoms with Crippen molar-refractivity contribution < 1.29 is 18.6 Å². The summed E-state index contributed by atoms with van der Waals surface area (Å²) < 4.78 is 25.2. The van der Waals surface area contributed by atoms with E-state index in [2.05, 4.69) is 56.5 Å². The maximum absolute atomic E-state index is 6.29. The minimum absolute atomic E-state index is 0.0395. The van der Waals surface area contributed by atoms with E-state index in [0.29, 0.717) is 6.61 Å². The SMILES string of the molecule is CC1(C)O[C@@H]2[C@H](O1)C(I)=CO[C@@H]2CO[Si](C)(C)C(C)(C)C. The third kappa shape index (κ3) is 3.83. The molecule has 4 nitrogen and oxygen atoms in total. The summed E-state index contributed by atoms with van der Waals surface area (Å²) in [5.74, 6) is -0.567. The van der Waals surface area contributed by atoms with E-state index in [1.165, 1.54) is 0 Å². The standard InChI is InChI=1S/C15H27IO4Si/c1-14(2,3)21(6,7)18-9-11-13-12(10(16)8-17-11)19-15(4,5)20-13/h8,11-13H,9H2,1-7H3/t11-,12-,13+/m1/s1. The molecule has 0 unspecified atom stereocenters. The molecule has 2 rings (SSSR count). The summed E-state index contributed by atoms with van der Waals surface area (Å²) in [4.78, 5) is 0. The Morgan fingerprint density at radius 1 is 1.29 bits per heavy atom. The maximum atomic E-state index is 6.29. The molecular formula is C15H27IO4Si. The van der Waals surface area contributed by atoms with Gasteiger partial charge in [0.25, 0.3) is 0 Å². The second-order valence-electron chi connectivity index (χ2n) is 7.77. The Morgan fingerprint density at radius 3 is 2.48 bits per heavy atom. The van der Waals surface area contributed by atoms with Crippen LogP contribution in [-0.4, -0.2) is 39.0 Å². The van der Waals surface area contributed by atoms with Crippen LogP contribution in [0.1, 0.15) is 34.6 Å². The van der Waals surface area contributed by atoms with Gasteiger partial charge in [0.05, 0.1) is 16.4 Å². The fourth-order valence-corrected chi connectivity index (χ4v) is 3.85. The molecule has 21 heavy (non-hydrogen) atoms. The number of rotatable bonds is 3. The maximum Gasteiger partial charge on any atom is 0.192 e. The summed E-state index contributed by atoms with van der Waals surface area (Å²) in [5.41, 5.74) is 0. The molecule has 0 radical (unpaired) electrons. The molecular weight excluding hydrogens is 399 g/mol. The van der Waals surface area contributed by atoms with Crippen molar-refractivity contribution in [3.05, 3.63) is 9.84 Å². The first kappa shape index (κ1) is 17.7. The molecule has 122 valence electrons. The fraction of sp³-hybridized carbons (Fsp3) is 0.867. The highest BCUT2D eigenvalue weighted by atomic mass is 127. The van der Waals surface area contributed by atoms with Gasteiger partial charge in [-0.25, -0.2) is 0 Å². The van der Waals surface area contributed by atoms with Crippen LogP contribution in [0, 0.1) is 0 Å². The van der Waals surface area contributed by atoms with Gasteiger partial charge >= 0.3 is 0 Å². The highest BCUT2D eigenvalue weighted by molar-refractivity contribution is 14.1. The largest absolute Gasteiger partial charge is 0.492 e. The van der Waals surface area contributed by atoms with Gasteiger partial charge in [-0.05, 0) is 54.6 Å². The molecule has 0 aliphatic carbocycles. The van der Waals surface area contributed by atoms with Crippen LogP contribution in [0.5, 0.6) is 0 Å². The lowest BCUT2D eigenvalue weighted by molar-refractivity contribution is -0.154. The third-order valence-electron chi connectivity index (χ3n) is 4.54. The smallest absolute Gasteiger partial charge is 0.192 e. The van der Waals surface area contributed by atoms with E-state index in [0.717, 1.165) is 3.58 Å². The van der Waals surface area contributed by atoms with Crippen LogP contribution in [0.4, 0.5) is 0 Å². The summed E-state index contributed by atoms with van der Waals surface area (Å²) >= 11 is 2.26. The van der Waals surface area contributed by atoms with Crippen molar-refractivity contribution in [1.82, 2.24) is 0 Å². The van der Waals surface area contributed by atoms with Crippen molar-refractivity contribution in [2.45, 2.75) is 76.8 Å². The van der Waals surface area contributed by atoms with Crippen molar-refractivity contribution in [3.63, 3.8) is 0 Å². The molecule has 1 saturated heterocycles. The van der Waals surface area contributed by atoms with Crippen LogP contribution in [-0.2, 0) is 18.6 Å². The lowest BCUT2D eigenvalue weighted by atomic mass is 10.1. The molecule has 0 aromatic carbocycles. The number of halogens is 1. The van der Waals surface area contributed by atoms with Crippen molar-refractivity contribution in [2.24, 2.45) is 0 Å². The van der Waals surface area contributed by atoms with Gasteiger partial charge in [-0.3, -0.25) is 0 Å². The molecule has 0 aromatic rings. The third-order valence-corrected chi connectivity index (χ3v) is 9.91. The number of fused-ring (bicyclic) bond motifs is 1.